The second-order valence-electron chi connectivity index (χ2n) is 5.48. The Morgan fingerprint density at radius 1 is 1.14 bits per heavy atom. The van der Waals surface area contributed by atoms with E-state index in [0.29, 0.717) is 11.6 Å². The summed E-state index contributed by atoms with van der Waals surface area (Å²) in [7, 11) is 1.68. The van der Waals surface area contributed by atoms with Crippen LogP contribution in [0.15, 0.2) is 48.5 Å². The summed E-state index contributed by atoms with van der Waals surface area (Å²) in [5.41, 5.74) is 3.18. The summed E-state index contributed by atoms with van der Waals surface area (Å²) >= 11 is 0. The molecular weight excluding hydrogens is 272 g/mol. The third-order valence-electron chi connectivity index (χ3n) is 3.74. The SMILES string of the molecule is COc1ccc(CCC(C)NCc2cccc(C#N)c2)cc1. The highest BCUT2D eigenvalue weighted by molar-refractivity contribution is 5.32. The van der Waals surface area contributed by atoms with Gasteiger partial charge in [-0.3, -0.25) is 0 Å². The van der Waals surface area contributed by atoms with Gasteiger partial charge >= 0.3 is 0 Å². The average molecular weight is 294 g/mol. The third kappa shape index (κ3) is 4.91. The molecule has 3 nitrogen and oxygen atoms in total. The maximum absolute atomic E-state index is 8.91. The van der Waals surface area contributed by atoms with Gasteiger partial charge in [-0.15, -0.1) is 0 Å². The largest absolute Gasteiger partial charge is 0.497 e. The Bertz CT molecular complexity index is 629. The molecule has 3 heteroatoms. The Hall–Kier alpha value is -2.31. The highest BCUT2D eigenvalue weighted by Crippen LogP contribution is 2.13. The first-order chi connectivity index (χ1) is 10.7. The van der Waals surface area contributed by atoms with Gasteiger partial charge in [-0.05, 0) is 55.2 Å². The number of aryl methyl sites for hydroxylation is 1. The van der Waals surface area contributed by atoms with Gasteiger partial charge in [0.25, 0.3) is 0 Å². The summed E-state index contributed by atoms with van der Waals surface area (Å²) in [6.45, 7) is 2.98. The van der Waals surface area contributed by atoms with E-state index in [4.69, 9.17) is 10.00 Å². The Labute approximate surface area is 132 Å². The fourth-order valence-electron chi connectivity index (χ4n) is 2.32. The van der Waals surface area contributed by atoms with Crippen LogP contribution in [0.5, 0.6) is 5.75 Å². The van der Waals surface area contributed by atoms with Crippen molar-refractivity contribution in [2.24, 2.45) is 0 Å². The Morgan fingerprint density at radius 3 is 2.59 bits per heavy atom. The maximum Gasteiger partial charge on any atom is 0.118 e. The van der Waals surface area contributed by atoms with Crippen molar-refractivity contribution in [1.82, 2.24) is 5.32 Å². The predicted molar refractivity (Wildman–Crippen MR) is 88.8 cm³/mol. The molecule has 2 aromatic rings. The Kier molecular flexibility index (Phi) is 6.00. The van der Waals surface area contributed by atoms with Gasteiger partial charge in [-0.25, -0.2) is 0 Å². The van der Waals surface area contributed by atoms with Crippen LogP contribution in [-0.4, -0.2) is 13.2 Å². The number of nitrogens with one attached hydrogen (secondary N) is 1. The van der Waals surface area contributed by atoms with E-state index in [1.165, 1.54) is 5.56 Å². The van der Waals surface area contributed by atoms with Crippen LogP contribution in [-0.2, 0) is 13.0 Å². The van der Waals surface area contributed by atoms with E-state index < -0.39 is 0 Å². The number of hydrogen-bond donors (Lipinski definition) is 1. The van der Waals surface area contributed by atoms with Gasteiger partial charge in [0, 0.05) is 12.6 Å². The molecule has 0 fully saturated rings. The summed E-state index contributed by atoms with van der Waals surface area (Å²) in [6.07, 6.45) is 2.11. The standard InChI is InChI=1S/C19H22N2O/c1-15(6-7-16-8-10-19(22-2)11-9-16)21-14-18-5-3-4-17(12-18)13-20/h3-5,8-12,15,21H,6-7,14H2,1-2H3. The minimum Gasteiger partial charge on any atom is -0.497 e. The molecule has 0 heterocycles. The van der Waals surface area contributed by atoms with E-state index in [-0.39, 0.29) is 0 Å². The molecule has 0 bridgehead atoms. The molecule has 2 rings (SSSR count). The van der Waals surface area contributed by atoms with Crippen LogP contribution < -0.4 is 10.1 Å². The highest BCUT2D eigenvalue weighted by atomic mass is 16.5. The van der Waals surface area contributed by atoms with Crippen LogP contribution in [0.4, 0.5) is 0 Å². The summed E-state index contributed by atoms with van der Waals surface area (Å²) in [5.74, 6) is 0.896. The summed E-state index contributed by atoms with van der Waals surface area (Å²) < 4.78 is 5.17. The van der Waals surface area contributed by atoms with Crippen LogP contribution in [0.25, 0.3) is 0 Å². The lowest BCUT2D eigenvalue weighted by atomic mass is 10.1. The topological polar surface area (TPSA) is 45.0 Å². The number of ether oxygens (including phenoxy) is 1. The minimum absolute atomic E-state index is 0.424. The zero-order valence-corrected chi connectivity index (χ0v) is 13.2. The van der Waals surface area contributed by atoms with Crippen molar-refractivity contribution < 1.29 is 4.74 Å². The van der Waals surface area contributed by atoms with Crippen molar-refractivity contribution in [3.05, 3.63) is 65.2 Å². The Morgan fingerprint density at radius 2 is 1.91 bits per heavy atom. The lowest BCUT2D eigenvalue weighted by Crippen LogP contribution is -2.26. The number of rotatable bonds is 7. The average Bonchev–Trinajstić information content (AvgIpc) is 2.58. The number of methoxy groups -OCH3 is 1. The predicted octanol–water partition coefficient (Wildman–Crippen LogP) is 3.68. The highest BCUT2D eigenvalue weighted by Gasteiger charge is 2.03. The molecule has 2 aromatic carbocycles. The molecule has 0 spiro atoms. The maximum atomic E-state index is 8.91. The van der Waals surface area contributed by atoms with E-state index in [9.17, 15) is 0 Å². The summed E-state index contributed by atoms with van der Waals surface area (Å²) in [6, 6.07) is 18.6. The van der Waals surface area contributed by atoms with Gasteiger partial charge < -0.3 is 10.1 Å². The van der Waals surface area contributed by atoms with Crippen LogP contribution in [0.1, 0.15) is 30.0 Å². The normalized spacial score (nSPS) is 11.7. The molecule has 1 N–H and O–H groups in total. The first kappa shape index (κ1) is 16.1. The summed E-state index contributed by atoms with van der Waals surface area (Å²) in [5, 5.41) is 12.4. The van der Waals surface area contributed by atoms with E-state index in [0.717, 1.165) is 30.7 Å². The van der Waals surface area contributed by atoms with Crippen molar-refractivity contribution in [2.75, 3.05) is 7.11 Å². The molecule has 114 valence electrons. The van der Waals surface area contributed by atoms with E-state index >= 15 is 0 Å². The lowest BCUT2D eigenvalue weighted by molar-refractivity contribution is 0.414. The van der Waals surface area contributed by atoms with Gasteiger partial charge in [0.15, 0.2) is 0 Å². The Balaban J connectivity index is 1.77. The van der Waals surface area contributed by atoms with Gasteiger partial charge in [-0.1, -0.05) is 24.3 Å². The molecule has 0 aromatic heterocycles. The van der Waals surface area contributed by atoms with E-state index in [2.05, 4.69) is 30.4 Å². The van der Waals surface area contributed by atoms with Crippen molar-refractivity contribution in [1.29, 1.82) is 5.26 Å². The third-order valence-corrected chi connectivity index (χ3v) is 3.74. The second-order valence-corrected chi connectivity index (χ2v) is 5.48. The molecule has 0 aliphatic carbocycles. The van der Waals surface area contributed by atoms with Gasteiger partial charge in [-0.2, -0.15) is 5.26 Å². The molecule has 1 unspecified atom stereocenters. The molecule has 1 atom stereocenters. The van der Waals surface area contributed by atoms with Gasteiger partial charge in [0.05, 0.1) is 18.7 Å². The lowest BCUT2D eigenvalue weighted by Gasteiger charge is -2.14. The van der Waals surface area contributed by atoms with Gasteiger partial charge in [0.1, 0.15) is 5.75 Å². The number of hydrogen-bond acceptors (Lipinski definition) is 3. The summed E-state index contributed by atoms with van der Waals surface area (Å²) in [4.78, 5) is 0. The number of nitrogens with zero attached hydrogens (tertiary/aromatic N) is 1. The molecule has 22 heavy (non-hydrogen) atoms. The van der Waals surface area contributed by atoms with Crippen molar-refractivity contribution in [3.63, 3.8) is 0 Å². The molecular formula is C19H22N2O. The van der Waals surface area contributed by atoms with Crippen molar-refractivity contribution in [2.45, 2.75) is 32.4 Å². The van der Waals surface area contributed by atoms with Crippen molar-refractivity contribution in [3.8, 4) is 11.8 Å². The first-order valence-corrected chi connectivity index (χ1v) is 7.56. The molecule has 0 saturated carbocycles. The first-order valence-electron chi connectivity index (χ1n) is 7.56. The fourth-order valence-corrected chi connectivity index (χ4v) is 2.32. The molecule has 0 aliphatic rings. The van der Waals surface area contributed by atoms with E-state index in [1.54, 1.807) is 7.11 Å². The zero-order valence-electron chi connectivity index (χ0n) is 13.2. The molecule has 0 saturated heterocycles. The molecule has 0 radical (unpaired) electrons. The monoisotopic (exact) mass is 294 g/mol. The smallest absolute Gasteiger partial charge is 0.118 e. The van der Waals surface area contributed by atoms with Gasteiger partial charge in [0.2, 0.25) is 0 Å². The fraction of sp³-hybridized carbons (Fsp3) is 0.316. The number of nitriles is 1. The quantitative estimate of drug-likeness (QED) is 0.847. The molecule has 0 aliphatic heterocycles. The zero-order chi connectivity index (χ0) is 15.8. The second kappa shape index (κ2) is 8.21. The van der Waals surface area contributed by atoms with Crippen LogP contribution in [0, 0.1) is 11.3 Å². The minimum atomic E-state index is 0.424. The molecule has 0 amide bonds. The van der Waals surface area contributed by atoms with E-state index in [1.807, 2.05) is 36.4 Å². The van der Waals surface area contributed by atoms with Crippen LogP contribution >= 0.6 is 0 Å². The van der Waals surface area contributed by atoms with Crippen LogP contribution in [0.3, 0.4) is 0 Å². The number of benzene rings is 2. The van der Waals surface area contributed by atoms with Crippen LogP contribution in [0.2, 0.25) is 0 Å². The van der Waals surface area contributed by atoms with Crippen molar-refractivity contribution >= 4 is 0 Å².